The molecule has 0 saturated carbocycles. The molecule has 1 aliphatic heterocycles. The van der Waals surface area contributed by atoms with Crippen LogP contribution >= 0.6 is 0 Å². The van der Waals surface area contributed by atoms with Crippen LogP contribution in [0.25, 0.3) is 0 Å². The van der Waals surface area contributed by atoms with E-state index in [0.717, 1.165) is 13.1 Å². The quantitative estimate of drug-likeness (QED) is 0.827. The molecule has 0 spiro atoms. The van der Waals surface area contributed by atoms with Crippen molar-refractivity contribution in [1.82, 2.24) is 5.32 Å². The Morgan fingerprint density at radius 3 is 2.75 bits per heavy atom. The standard InChI is InChI=1S/C14H20FN/c1-14(2,15)9-11-5-3-4-6-13(11)12-7-8-16-10-12/h3-6,12,16H,7-10H2,1-2H3. The number of alkyl halides is 1. The fraction of sp³-hybridized carbons (Fsp3) is 0.571. The number of hydrogen-bond donors (Lipinski definition) is 1. The average molecular weight is 221 g/mol. The van der Waals surface area contributed by atoms with Crippen molar-refractivity contribution in [3.05, 3.63) is 35.4 Å². The van der Waals surface area contributed by atoms with Crippen molar-refractivity contribution >= 4 is 0 Å². The summed E-state index contributed by atoms with van der Waals surface area (Å²) in [7, 11) is 0. The Kier molecular flexibility index (Phi) is 3.29. The molecule has 0 amide bonds. The summed E-state index contributed by atoms with van der Waals surface area (Å²) < 4.78 is 13.7. The van der Waals surface area contributed by atoms with Crippen molar-refractivity contribution in [3.8, 4) is 0 Å². The number of rotatable bonds is 3. The summed E-state index contributed by atoms with van der Waals surface area (Å²) in [5, 5.41) is 3.37. The van der Waals surface area contributed by atoms with Gasteiger partial charge < -0.3 is 5.32 Å². The van der Waals surface area contributed by atoms with Gasteiger partial charge in [0.25, 0.3) is 0 Å². The summed E-state index contributed by atoms with van der Waals surface area (Å²) >= 11 is 0. The summed E-state index contributed by atoms with van der Waals surface area (Å²) in [6, 6.07) is 8.28. The molecule has 1 heterocycles. The van der Waals surface area contributed by atoms with Gasteiger partial charge in [0.2, 0.25) is 0 Å². The highest BCUT2D eigenvalue weighted by atomic mass is 19.1. The van der Waals surface area contributed by atoms with Gasteiger partial charge >= 0.3 is 0 Å². The number of hydrogen-bond acceptors (Lipinski definition) is 1. The highest BCUT2D eigenvalue weighted by Crippen LogP contribution is 2.28. The summed E-state index contributed by atoms with van der Waals surface area (Å²) in [6.07, 6.45) is 1.68. The minimum atomic E-state index is -1.12. The first-order chi connectivity index (χ1) is 7.56. The molecule has 2 rings (SSSR count). The lowest BCUT2D eigenvalue weighted by molar-refractivity contribution is 0.216. The summed E-state index contributed by atoms with van der Waals surface area (Å²) in [5.41, 5.74) is 1.38. The highest BCUT2D eigenvalue weighted by molar-refractivity contribution is 5.32. The van der Waals surface area contributed by atoms with Crippen LogP contribution in [0.3, 0.4) is 0 Å². The van der Waals surface area contributed by atoms with Gasteiger partial charge in [-0.2, -0.15) is 0 Å². The van der Waals surface area contributed by atoms with Crippen LogP contribution in [0.1, 0.15) is 37.3 Å². The normalized spacial score (nSPS) is 21.3. The largest absolute Gasteiger partial charge is 0.316 e. The molecule has 1 aliphatic rings. The first-order valence-electron chi connectivity index (χ1n) is 6.04. The molecule has 1 unspecified atom stereocenters. The van der Waals surface area contributed by atoms with E-state index in [9.17, 15) is 4.39 Å². The lowest BCUT2D eigenvalue weighted by Gasteiger charge is -2.19. The van der Waals surface area contributed by atoms with Crippen molar-refractivity contribution < 1.29 is 4.39 Å². The van der Waals surface area contributed by atoms with E-state index in [2.05, 4.69) is 23.5 Å². The van der Waals surface area contributed by atoms with Crippen LogP contribution in [0.4, 0.5) is 4.39 Å². The minimum absolute atomic E-state index is 0.514. The Morgan fingerprint density at radius 2 is 2.12 bits per heavy atom. The second kappa shape index (κ2) is 4.54. The van der Waals surface area contributed by atoms with Crippen molar-refractivity contribution in [2.24, 2.45) is 0 Å². The van der Waals surface area contributed by atoms with Crippen molar-refractivity contribution in [3.63, 3.8) is 0 Å². The van der Waals surface area contributed by atoms with Crippen molar-refractivity contribution in [2.75, 3.05) is 13.1 Å². The Hall–Kier alpha value is -0.890. The van der Waals surface area contributed by atoms with Gasteiger partial charge in [0.15, 0.2) is 0 Å². The molecule has 16 heavy (non-hydrogen) atoms. The van der Waals surface area contributed by atoms with Crippen LogP contribution in [0, 0.1) is 0 Å². The average Bonchev–Trinajstić information content (AvgIpc) is 2.69. The van der Waals surface area contributed by atoms with Crippen LogP contribution in [-0.4, -0.2) is 18.8 Å². The third kappa shape index (κ3) is 2.82. The van der Waals surface area contributed by atoms with Crippen LogP contribution < -0.4 is 5.32 Å². The van der Waals surface area contributed by atoms with Gasteiger partial charge in [0.1, 0.15) is 5.67 Å². The molecular weight excluding hydrogens is 201 g/mol. The summed E-state index contributed by atoms with van der Waals surface area (Å²) in [6.45, 7) is 5.41. The molecule has 0 aliphatic carbocycles. The Morgan fingerprint density at radius 1 is 1.38 bits per heavy atom. The maximum Gasteiger partial charge on any atom is 0.109 e. The molecule has 1 aromatic carbocycles. The Balaban J connectivity index is 2.23. The molecule has 0 aromatic heterocycles. The van der Waals surface area contributed by atoms with Gasteiger partial charge in [0, 0.05) is 13.0 Å². The maximum atomic E-state index is 13.7. The summed E-state index contributed by atoms with van der Waals surface area (Å²) in [4.78, 5) is 0. The zero-order chi connectivity index (χ0) is 11.6. The Labute approximate surface area is 97.1 Å². The topological polar surface area (TPSA) is 12.0 Å². The Bertz CT molecular complexity index is 348. The molecule has 0 bridgehead atoms. The third-order valence-corrected chi connectivity index (χ3v) is 3.17. The molecule has 2 heteroatoms. The first-order valence-corrected chi connectivity index (χ1v) is 6.04. The molecule has 88 valence electrons. The van der Waals surface area contributed by atoms with Crippen LogP contribution in [0.15, 0.2) is 24.3 Å². The fourth-order valence-corrected chi connectivity index (χ4v) is 2.47. The van der Waals surface area contributed by atoms with E-state index in [1.165, 1.54) is 17.5 Å². The van der Waals surface area contributed by atoms with E-state index >= 15 is 0 Å². The zero-order valence-corrected chi connectivity index (χ0v) is 10.1. The van der Waals surface area contributed by atoms with Gasteiger partial charge in [-0.15, -0.1) is 0 Å². The summed E-state index contributed by atoms with van der Waals surface area (Å²) in [5.74, 6) is 0.568. The van der Waals surface area contributed by atoms with Crippen molar-refractivity contribution in [1.29, 1.82) is 0 Å². The number of benzene rings is 1. The van der Waals surface area contributed by atoms with E-state index in [1.54, 1.807) is 13.8 Å². The van der Waals surface area contributed by atoms with Gasteiger partial charge in [-0.3, -0.25) is 0 Å². The number of nitrogens with one attached hydrogen (secondary N) is 1. The molecular formula is C14H20FN. The predicted octanol–water partition coefficient (Wildman–Crippen LogP) is 3.05. The first kappa shape index (κ1) is 11.6. The molecule has 1 nitrogen and oxygen atoms in total. The van der Waals surface area contributed by atoms with Crippen molar-refractivity contribution in [2.45, 2.75) is 38.3 Å². The van der Waals surface area contributed by atoms with Gasteiger partial charge in [-0.05, 0) is 43.9 Å². The lowest BCUT2D eigenvalue weighted by Crippen LogP contribution is -2.18. The van der Waals surface area contributed by atoms with E-state index < -0.39 is 5.67 Å². The van der Waals surface area contributed by atoms with Gasteiger partial charge in [-0.1, -0.05) is 24.3 Å². The minimum Gasteiger partial charge on any atom is -0.316 e. The smallest absolute Gasteiger partial charge is 0.109 e. The SMILES string of the molecule is CC(C)(F)Cc1ccccc1C1CCNC1. The highest BCUT2D eigenvalue weighted by Gasteiger charge is 2.23. The van der Waals surface area contributed by atoms with E-state index in [0.29, 0.717) is 12.3 Å². The lowest BCUT2D eigenvalue weighted by atomic mass is 9.89. The second-order valence-corrected chi connectivity index (χ2v) is 5.28. The molecule has 1 atom stereocenters. The van der Waals surface area contributed by atoms with Gasteiger partial charge in [0.05, 0.1) is 0 Å². The van der Waals surface area contributed by atoms with Gasteiger partial charge in [-0.25, -0.2) is 4.39 Å². The second-order valence-electron chi connectivity index (χ2n) is 5.28. The third-order valence-electron chi connectivity index (χ3n) is 3.17. The maximum absolute atomic E-state index is 13.7. The number of halogens is 1. The van der Waals surface area contributed by atoms with Crippen LogP contribution in [0.5, 0.6) is 0 Å². The van der Waals surface area contributed by atoms with E-state index in [4.69, 9.17) is 0 Å². The fourth-order valence-electron chi connectivity index (χ4n) is 2.47. The predicted molar refractivity (Wildman–Crippen MR) is 65.6 cm³/mol. The zero-order valence-electron chi connectivity index (χ0n) is 10.1. The molecule has 1 aromatic rings. The van der Waals surface area contributed by atoms with Crippen LogP contribution in [0.2, 0.25) is 0 Å². The molecule has 1 fully saturated rings. The monoisotopic (exact) mass is 221 g/mol. The molecule has 1 saturated heterocycles. The molecule has 0 radical (unpaired) electrons. The molecule has 1 N–H and O–H groups in total. The van der Waals surface area contributed by atoms with Crippen LogP contribution in [-0.2, 0) is 6.42 Å². The van der Waals surface area contributed by atoms with E-state index in [-0.39, 0.29) is 0 Å². The van der Waals surface area contributed by atoms with E-state index in [1.807, 2.05) is 6.07 Å².